The highest BCUT2D eigenvalue weighted by atomic mass is 32.2. The summed E-state index contributed by atoms with van der Waals surface area (Å²) in [7, 11) is -2.34. The molecule has 5 rings (SSSR count). The molecule has 10 heteroatoms. The van der Waals surface area contributed by atoms with Gasteiger partial charge >= 0.3 is 0 Å². The molecule has 0 amide bonds. The van der Waals surface area contributed by atoms with E-state index in [0.29, 0.717) is 28.6 Å². The maximum Gasteiger partial charge on any atom is 0.266 e. The van der Waals surface area contributed by atoms with E-state index in [1.54, 1.807) is 47.9 Å². The summed E-state index contributed by atoms with van der Waals surface area (Å²) in [6, 6.07) is 15.5. The molecule has 158 valence electrons. The van der Waals surface area contributed by atoms with Crippen LogP contribution in [-0.2, 0) is 16.6 Å². The summed E-state index contributed by atoms with van der Waals surface area (Å²) in [5.74, 6) is 1.78. The van der Waals surface area contributed by atoms with Gasteiger partial charge in [0.05, 0.1) is 19.3 Å². The van der Waals surface area contributed by atoms with Crippen LogP contribution in [0.5, 0.6) is 17.2 Å². The molecule has 31 heavy (non-hydrogen) atoms. The minimum atomic E-state index is -3.93. The monoisotopic (exact) mass is 438 g/mol. The van der Waals surface area contributed by atoms with E-state index in [0.717, 1.165) is 5.56 Å². The van der Waals surface area contributed by atoms with Crippen LogP contribution in [-0.4, -0.2) is 36.9 Å². The summed E-state index contributed by atoms with van der Waals surface area (Å²) < 4.78 is 46.3. The van der Waals surface area contributed by atoms with E-state index < -0.39 is 10.0 Å². The third-order valence-corrected chi connectivity index (χ3v) is 6.74. The predicted molar refractivity (Wildman–Crippen MR) is 112 cm³/mol. The van der Waals surface area contributed by atoms with Crippen LogP contribution >= 0.6 is 0 Å². The number of aromatic nitrogens is 3. The number of methoxy groups -OCH3 is 1. The summed E-state index contributed by atoms with van der Waals surface area (Å²) in [6.07, 6.45) is 2.96. The third-order valence-electron chi connectivity index (χ3n) is 4.98. The van der Waals surface area contributed by atoms with Gasteiger partial charge in [0.2, 0.25) is 6.79 Å². The zero-order valence-corrected chi connectivity index (χ0v) is 17.3. The van der Waals surface area contributed by atoms with E-state index in [1.807, 2.05) is 12.1 Å². The molecule has 0 saturated heterocycles. The Balaban J connectivity index is 1.59. The lowest BCUT2D eigenvalue weighted by molar-refractivity contribution is 0.174. The van der Waals surface area contributed by atoms with Crippen LogP contribution in [0, 0.1) is 0 Å². The average molecular weight is 438 g/mol. The molecule has 0 fully saturated rings. The fraction of sp³-hybridized carbons (Fsp3) is 0.143. The predicted octanol–water partition coefficient (Wildman–Crippen LogP) is 2.86. The highest BCUT2D eigenvalue weighted by molar-refractivity contribution is 7.92. The van der Waals surface area contributed by atoms with Crippen LogP contribution < -0.4 is 18.5 Å². The summed E-state index contributed by atoms with van der Waals surface area (Å²) in [4.78, 5) is 0.117. The standard InChI is InChI=1S/C21H18N4O5S/c1-28-17-5-2-15(3-6-17)11-25(16-4-8-19-20(10-16)30-14-29-19)31(26,27)18-7-9-21-23-22-13-24(21)12-18/h2-10,12-13H,11,14H2,1H3. The van der Waals surface area contributed by atoms with Gasteiger partial charge in [0, 0.05) is 12.3 Å². The van der Waals surface area contributed by atoms with Crippen LogP contribution in [0.15, 0.2) is 72.0 Å². The highest BCUT2D eigenvalue weighted by Crippen LogP contribution is 2.37. The van der Waals surface area contributed by atoms with Crippen LogP contribution in [0.4, 0.5) is 5.69 Å². The van der Waals surface area contributed by atoms with E-state index >= 15 is 0 Å². The lowest BCUT2D eigenvalue weighted by Gasteiger charge is -2.25. The molecule has 2 aromatic carbocycles. The first-order chi connectivity index (χ1) is 15.0. The van der Waals surface area contributed by atoms with Gasteiger partial charge in [0.25, 0.3) is 10.0 Å². The van der Waals surface area contributed by atoms with E-state index in [9.17, 15) is 8.42 Å². The second kappa shape index (κ2) is 7.47. The molecule has 0 spiro atoms. The van der Waals surface area contributed by atoms with Gasteiger partial charge in [-0.15, -0.1) is 10.2 Å². The Bertz CT molecular complexity index is 1350. The Morgan fingerprint density at radius 1 is 1.06 bits per heavy atom. The SMILES string of the molecule is COc1ccc(CN(c2ccc3c(c2)OCO3)S(=O)(=O)c2ccc3nncn3c2)cc1. The molecule has 1 aliphatic rings. The first kappa shape index (κ1) is 19.2. The van der Waals surface area contributed by atoms with Crippen molar-refractivity contribution in [3.05, 3.63) is 72.7 Å². The van der Waals surface area contributed by atoms with Crippen molar-refractivity contribution in [3.63, 3.8) is 0 Å². The second-order valence-electron chi connectivity index (χ2n) is 6.86. The number of anilines is 1. The summed E-state index contributed by atoms with van der Waals surface area (Å²) in [5, 5.41) is 7.74. The van der Waals surface area contributed by atoms with Crippen molar-refractivity contribution in [1.82, 2.24) is 14.6 Å². The molecule has 0 saturated carbocycles. The number of nitrogens with zero attached hydrogens (tertiary/aromatic N) is 4. The van der Waals surface area contributed by atoms with Crippen molar-refractivity contribution >= 4 is 21.4 Å². The van der Waals surface area contributed by atoms with E-state index in [4.69, 9.17) is 14.2 Å². The topological polar surface area (TPSA) is 95.3 Å². The van der Waals surface area contributed by atoms with Crippen LogP contribution in [0.2, 0.25) is 0 Å². The molecule has 3 heterocycles. The number of sulfonamides is 1. The van der Waals surface area contributed by atoms with Crippen molar-refractivity contribution in [1.29, 1.82) is 0 Å². The van der Waals surface area contributed by atoms with Gasteiger partial charge in [-0.25, -0.2) is 8.42 Å². The normalized spacial score (nSPS) is 12.8. The molecule has 0 atom stereocenters. The van der Waals surface area contributed by atoms with Crippen molar-refractivity contribution < 1.29 is 22.6 Å². The van der Waals surface area contributed by atoms with Gasteiger partial charge in [-0.2, -0.15) is 0 Å². The third kappa shape index (κ3) is 3.50. The van der Waals surface area contributed by atoms with Crippen LogP contribution in [0.25, 0.3) is 5.65 Å². The Morgan fingerprint density at radius 3 is 2.68 bits per heavy atom. The molecule has 2 aromatic heterocycles. The number of ether oxygens (including phenoxy) is 3. The minimum Gasteiger partial charge on any atom is -0.497 e. The lowest BCUT2D eigenvalue weighted by atomic mass is 10.2. The highest BCUT2D eigenvalue weighted by Gasteiger charge is 2.28. The summed E-state index contributed by atoms with van der Waals surface area (Å²) in [6.45, 7) is 0.223. The minimum absolute atomic E-state index is 0.105. The molecule has 1 aliphatic heterocycles. The zero-order valence-electron chi connectivity index (χ0n) is 16.5. The lowest BCUT2D eigenvalue weighted by Crippen LogP contribution is -2.30. The Morgan fingerprint density at radius 2 is 1.87 bits per heavy atom. The maximum atomic E-state index is 13.7. The molecule has 0 radical (unpaired) electrons. The number of fused-ring (bicyclic) bond motifs is 2. The van der Waals surface area contributed by atoms with E-state index in [-0.39, 0.29) is 18.2 Å². The number of benzene rings is 2. The maximum absolute atomic E-state index is 13.7. The van der Waals surface area contributed by atoms with Gasteiger partial charge in [0.15, 0.2) is 17.1 Å². The first-order valence-corrected chi connectivity index (χ1v) is 10.8. The molecule has 0 aliphatic carbocycles. The quantitative estimate of drug-likeness (QED) is 0.457. The van der Waals surface area contributed by atoms with E-state index in [1.165, 1.54) is 22.9 Å². The van der Waals surface area contributed by atoms with Gasteiger partial charge in [-0.05, 0) is 42.0 Å². The number of pyridine rings is 1. The summed E-state index contributed by atoms with van der Waals surface area (Å²) in [5.41, 5.74) is 1.82. The first-order valence-electron chi connectivity index (χ1n) is 9.39. The van der Waals surface area contributed by atoms with Crippen LogP contribution in [0.3, 0.4) is 0 Å². The van der Waals surface area contributed by atoms with Crippen LogP contribution in [0.1, 0.15) is 5.56 Å². The molecule has 0 N–H and O–H groups in total. The molecule has 0 unspecified atom stereocenters. The fourth-order valence-electron chi connectivity index (χ4n) is 3.34. The van der Waals surface area contributed by atoms with Crippen molar-refractivity contribution in [3.8, 4) is 17.2 Å². The Kier molecular flexibility index (Phi) is 4.63. The molecular weight excluding hydrogens is 420 g/mol. The largest absolute Gasteiger partial charge is 0.497 e. The average Bonchev–Trinajstić information content (AvgIpc) is 3.45. The van der Waals surface area contributed by atoms with Gasteiger partial charge in [0.1, 0.15) is 17.0 Å². The Hall–Kier alpha value is -3.79. The molecular formula is C21H18N4O5S. The van der Waals surface area contributed by atoms with E-state index in [2.05, 4.69) is 10.2 Å². The van der Waals surface area contributed by atoms with Gasteiger partial charge in [-0.1, -0.05) is 12.1 Å². The zero-order chi connectivity index (χ0) is 21.4. The smallest absolute Gasteiger partial charge is 0.266 e. The molecule has 0 bridgehead atoms. The van der Waals surface area contributed by atoms with Crippen molar-refractivity contribution in [2.75, 3.05) is 18.2 Å². The molecule has 4 aromatic rings. The van der Waals surface area contributed by atoms with Gasteiger partial charge < -0.3 is 14.2 Å². The number of hydrogen-bond acceptors (Lipinski definition) is 7. The second-order valence-corrected chi connectivity index (χ2v) is 8.72. The van der Waals surface area contributed by atoms with Crippen molar-refractivity contribution in [2.45, 2.75) is 11.4 Å². The number of rotatable bonds is 6. The molecule has 9 nitrogen and oxygen atoms in total. The summed E-state index contributed by atoms with van der Waals surface area (Å²) >= 11 is 0. The fourth-order valence-corrected chi connectivity index (χ4v) is 4.79. The van der Waals surface area contributed by atoms with Gasteiger partial charge in [-0.3, -0.25) is 8.71 Å². The Labute approximate surface area is 178 Å². The van der Waals surface area contributed by atoms with Crippen molar-refractivity contribution in [2.24, 2.45) is 0 Å². The number of hydrogen-bond donors (Lipinski definition) is 0.